The molecule has 20 heavy (non-hydrogen) atoms. The summed E-state index contributed by atoms with van der Waals surface area (Å²) in [5.74, 6) is 0.474. The molecule has 0 aromatic heterocycles. The second-order valence-corrected chi connectivity index (χ2v) is 6.02. The highest BCUT2D eigenvalue weighted by Crippen LogP contribution is 2.55. The second-order valence-electron chi connectivity index (χ2n) is 5.27. The zero-order chi connectivity index (χ0) is 14.5. The molecule has 1 N–H and O–H groups in total. The van der Waals surface area contributed by atoms with Crippen LogP contribution in [0.3, 0.4) is 0 Å². The Hall–Kier alpha value is -1.19. The number of fused-ring (bicyclic) bond motifs is 3. The maximum atomic E-state index is 11.8. The smallest absolute Gasteiger partial charge is 0.156 e. The van der Waals surface area contributed by atoms with Crippen molar-refractivity contribution in [3.05, 3.63) is 27.8 Å². The fourth-order valence-electron chi connectivity index (χ4n) is 3.08. The highest BCUT2D eigenvalue weighted by atomic mass is 35.5. The summed E-state index contributed by atoms with van der Waals surface area (Å²) in [5, 5.41) is 10.1. The maximum absolute atomic E-state index is 11.8. The van der Waals surface area contributed by atoms with Crippen molar-refractivity contribution in [2.75, 3.05) is 0 Å². The molecule has 106 valence electrons. The van der Waals surface area contributed by atoms with E-state index in [0.29, 0.717) is 24.2 Å². The number of allylic oxidation sites excluding steroid dienone is 1. The number of phenolic OH excluding ortho intramolecular Hbond substituents is 1. The topological polar surface area (TPSA) is 46.5 Å². The minimum absolute atomic E-state index is 0.0726. The first-order valence-corrected chi connectivity index (χ1v) is 7.39. The SMILES string of the molecule is CCCC12CCC(=O)C=C1c1c(cc(O)c(Cl)c1Cl)O2. The molecular weight excluding hydrogens is 299 g/mol. The van der Waals surface area contributed by atoms with Gasteiger partial charge in [-0.25, -0.2) is 0 Å². The Balaban J connectivity index is 2.24. The highest BCUT2D eigenvalue weighted by Gasteiger charge is 2.47. The van der Waals surface area contributed by atoms with Crippen molar-refractivity contribution < 1.29 is 14.6 Å². The lowest BCUT2D eigenvalue weighted by Crippen LogP contribution is -2.36. The number of carbonyl (C=O) groups is 1. The van der Waals surface area contributed by atoms with Gasteiger partial charge in [0.05, 0.1) is 5.02 Å². The number of ether oxygens (including phenoxy) is 1. The number of hydrogen-bond donors (Lipinski definition) is 1. The molecule has 1 aromatic rings. The van der Waals surface area contributed by atoms with E-state index in [1.165, 1.54) is 6.07 Å². The monoisotopic (exact) mass is 312 g/mol. The fraction of sp³-hybridized carbons (Fsp3) is 0.400. The molecule has 0 spiro atoms. The molecule has 3 nitrogen and oxygen atoms in total. The second kappa shape index (κ2) is 4.68. The summed E-state index contributed by atoms with van der Waals surface area (Å²) < 4.78 is 6.08. The van der Waals surface area contributed by atoms with Gasteiger partial charge in [0.1, 0.15) is 22.1 Å². The third-order valence-electron chi connectivity index (χ3n) is 3.95. The Morgan fingerprint density at radius 3 is 2.85 bits per heavy atom. The molecule has 1 heterocycles. The third kappa shape index (κ3) is 1.84. The Morgan fingerprint density at radius 1 is 1.40 bits per heavy atom. The van der Waals surface area contributed by atoms with Gasteiger partial charge in [0.15, 0.2) is 5.78 Å². The molecule has 0 saturated heterocycles. The normalized spacial score (nSPS) is 23.9. The number of phenols is 1. The van der Waals surface area contributed by atoms with E-state index in [0.717, 1.165) is 18.4 Å². The first-order chi connectivity index (χ1) is 9.48. The molecule has 3 rings (SSSR count). The summed E-state index contributed by atoms with van der Waals surface area (Å²) >= 11 is 12.3. The van der Waals surface area contributed by atoms with Crippen LogP contribution in [0.15, 0.2) is 12.1 Å². The predicted octanol–water partition coefficient (Wildman–Crippen LogP) is 4.38. The Bertz CT molecular complexity index is 636. The Labute approximate surface area is 127 Å². The van der Waals surface area contributed by atoms with Gasteiger partial charge in [-0.3, -0.25) is 4.79 Å². The minimum Gasteiger partial charge on any atom is -0.506 e. The molecule has 1 aromatic carbocycles. The van der Waals surface area contributed by atoms with E-state index >= 15 is 0 Å². The quantitative estimate of drug-likeness (QED) is 0.881. The summed E-state index contributed by atoms with van der Waals surface area (Å²) in [6.07, 6.45) is 4.44. The number of hydrogen-bond acceptors (Lipinski definition) is 3. The summed E-state index contributed by atoms with van der Waals surface area (Å²) in [7, 11) is 0. The standard InChI is InChI=1S/C15H14Cl2O3/c1-2-4-15-5-3-8(18)6-9(15)12-11(20-15)7-10(19)13(16)14(12)17/h6-7,19H,2-5H2,1H3. The average molecular weight is 313 g/mol. The molecular formula is C15H14Cl2O3. The molecule has 1 aliphatic heterocycles. The van der Waals surface area contributed by atoms with Crippen LogP contribution in [-0.4, -0.2) is 16.5 Å². The zero-order valence-corrected chi connectivity index (χ0v) is 12.5. The number of carbonyl (C=O) groups excluding carboxylic acids is 1. The van der Waals surface area contributed by atoms with Crippen LogP contribution >= 0.6 is 23.2 Å². The number of ketones is 1. The molecule has 0 radical (unpaired) electrons. The van der Waals surface area contributed by atoms with Crippen molar-refractivity contribution in [2.45, 2.75) is 38.2 Å². The molecule has 1 atom stereocenters. The number of benzene rings is 1. The molecule has 0 saturated carbocycles. The summed E-state index contributed by atoms with van der Waals surface area (Å²) in [4.78, 5) is 11.8. The van der Waals surface area contributed by atoms with Crippen LogP contribution in [0, 0.1) is 0 Å². The van der Waals surface area contributed by atoms with Gasteiger partial charge in [-0.15, -0.1) is 0 Å². The third-order valence-corrected chi connectivity index (χ3v) is 4.81. The highest BCUT2D eigenvalue weighted by molar-refractivity contribution is 6.44. The number of aromatic hydroxyl groups is 1. The Morgan fingerprint density at radius 2 is 2.15 bits per heavy atom. The van der Waals surface area contributed by atoms with Crippen LogP contribution in [0.5, 0.6) is 11.5 Å². The zero-order valence-electron chi connectivity index (χ0n) is 11.0. The van der Waals surface area contributed by atoms with Crippen LogP contribution in [-0.2, 0) is 4.79 Å². The van der Waals surface area contributed by atoms with Crippen LogP contribution in [0.1, 0.15) is 38.2 Å². The molecule has 0 fully saturated rings. The van der Waals surface area contributed by atoms with Crippen LogP contribution in [0.25, 0.3) is 5.57 Å². The fourth-order valence-corrected chi connectivity index (χ4v) is 3.52. The van der Waals surface area contributed by atoms with Crippen molar-refractivity contribution in [1.82, 2.24) is 0 Å². The minimum atomic E-state index is -0.508. The molecule has 0 bridgehead atoms. The van der Waals surface area contributed by atoms with Crippen molar-refractivity contribution in [1.29, 1.82) is 0 Å². The lowest BCUT2D eigenvalue weighted by atomic mass is 9.78. The van der Waals surface area contributed by atoms with E-state index in [-0.39, 0.29) is 21.6 Å². The van der Waals surface area contributed by atoms with Crippen LogP contribution < -0.4 is 4.74 Å². The first-order valence-electron chi connectivity index (χ1n) is 6.64. The molecule has 2 aliphatic rings. The van der Waals surface area contributed by atoms with E-state index in [1.807, 2.05) is 0 Å². The van der Waals surface area contributed by atoms with Gasteiger partial charge < -0.3 is 9.84 Å². The molecule has 5 heteroatoms. The van der Waals surface area contributed by atoms with Crippen molar-refractivity contribution in [3.8, 4) is 11.5 Å². The van der Waals surface area contributed by atoms with E-state index in [9.17, 15) is 9.90 Å². The Kier molecular flexibility index (Phi) is 3.22. The van der Waals surface area contributed by atoms with E-state index < -0.39 is 5.60 Å². The van der Waals surface area contributed by atoms with Gasteiger partial charge >= 0.3 is 0 Å². The molecule has 1 unspecified atom stereocenters. The average Bonchev–Trinajstić information content (AvgIpc) is 2.70. The van der Waals surface area contributed by atoms with Crippen LogP contribution in [0.4, 0.5) is 0 Å². The summed E-state index contributed by atoms with van der Waals surface area (Å²) in [6, 6.07) is 1.48. The summed E-state index contributed by atoms with van der Waals surface area (Å²) in [5.41, 5.74) is 0.944. The summed E-state index contributed by atoms with van der Waals surface area (Å²) in [6.45, 7) is 2.07. The largest absolute Gasteiger partial charge is 0.506 e. The molecule has 0 amide bonds. The predicted molar refractivity (Wildman–Crippen MR) is 78.6 cm³/mol. The van der Waals surface area contributed by atoms with E-state index in [4.69, 9.17) is 27.9 Å². The van der Waals surface area contributed by atoms with Crippen LogP contribution in [0.2, 0.25) is 10.0 Å². The number of rotatable bonds is 2. The maximum Gasteiger partial charge on any atom is 0.156 e. The first kappa shape index (κ1) is 13.8. The van der Waals surface area contributed by atoms with Gasteiger partial charge in [0.2, 0.25) is 0 Å². The van der Waals surface area contributed by atoms with Gasteiger partial charge in [-0.2, -0.15) is 0 Å². The number of halogens is 2. The van der Waals surface area contributed by atoms with Gasteiger partial charge in [-0.05, 0) is 18.9 Å². The molecule has 1 aliphatic carbocycles. The van der Waals surface area contributed by atoms with Gasteiger partial charge in [0, 0.05) is 23.6 Å². The van der Waals surface area contributed by atoms with E-state index in [1.54, 1.807) is 6.08 Å². The van der Waals surface area contributed by atoms with Crippen molar-refractivity contribution in [3.63, 3.8) is 0 Å². The lowest BCUT2D eigenvalue weighted by Gasteiger charge is -2.32. The van der Waals surface area contributed by atoms with Crippen molar-refractivity contribution in [2.24, 2.45) is 0 Å². The van der Waals surface area contributed by atoms with Crippen molar-refractivity contribution >= 4 is 34.6 Å². The van der Waals surface area contributed by atoms with Gasteiger partial charge in [-0.1, -0.05) is 36.5 Å². The lowest BCUT2D eigenvalue weighted by molar-refractivity contribution is -0.115. The van der Waals surface area contributed by atoms with E-state index in [2.05, 4.69) is 6.92 Å². The van der Waals surface area contributed by atoms with Gasteiger partial charge in [0.25, 0.3) is 0 Å².